The average Bonchev–Trinajstić information content (AvgIpc) is 3.03. The molecule has 0 fully saturated rings. The number of benzene rings is 1. The minimum atomic E-state index is -0.276. The van der Waals surface area contributed by atoms with Crippen LogP contribution in [-0.2, 0) is 0 Å². The highest BCUT2D eigenvalue weighted by Gasteiger charge is 2.19. The van der Waals surface area contributed by atoms with Gasteiger partial charge in [0.25, 0.3) is 0 Å². The highest BCUT2D eigenvalue weighted by atomic mass is 35.5. The van der Waals surface area contributed by atoms with Crippen LogP contribution >= 0.6 is 11.6 Å². The molecule has 1 aromatic carbocycles. The topological polar surface area (TPSA) is 52.6 Å². The SMILES string of the molecule is CC(C)=CCOc1c(-c2ccco2)oc2ccc(Cl)cc2c1=O. The molecule has 0 N–H and O–H groups in total. The van der Waals surface area contributed by atoms with Gasteiger partial charge in [-0.25, -0.2) is 0 Å². The van der Waals surface area contributed by atoms with E-state index in [0.717, 1.165) is 5.57 Å². The number of fused-ring (bicyclic) bond motifs is 1. The lowest BCUT2D eigenvalue weighted by atomic mass is 10.2. The first-order valence-corrected chi connectivity index (χ1v) is 7.50. The third-order valence-electron chi connectivity index (χ3n) is 3.27. The quantitative estimate of drug-likeness (QED) is 0.628. The van der Waals surface area contributed by atoms with Crippen LogP contribution in [0.4, 0.5) is 0 Å². The van der Waals surface area contributed by atoms with Crippen molar-refractivity contribution >= 4 is 22.6 Å². The molecular formula is C18H15ClO4. The summed E-state index contributed by atoms with van der Waals surface area (Å²) in [7, 11) is 0. The first-order valence-electron chi connectivity index (χ1n) is 7.12. The van der Waals surface area contributed by atoms with Gasteiger partial charge in [-0.15, -0.1) is 0 Å². The van der Waals surface area contributed by atoms with Crippen molar-refractivity contribution in [2.75, 3.05) is 6.61 Å². The third-order valence-corrected chi connectivity index (χ3v) is 3.51. The van der Waals surface area contributed by atoms with E-state index in [9.17, 15) is 4.79 Å². The number of hydrogen-bond donors (Lipinski definition) is 0. The average molecular weight is 331 g/mol. The lowest BCUT2D eigenvalue weighted by molar-refractivity contribution is 0.348. The van der Waals surface area contributed by atoms with Gasteiger partial charge in [0.1, 0.15) is 12.2 Å². The zero-order valence-corrected chi connectivity index (χ0v) is 13.5. The Morgan fingerprint density at radius 2 is 2.13 bits per heavy atom. The molecule has 0 aliphatic carbocycles. The second-order valence-electron chi connectivity index (χ2n) is 5.30. The van der Waals surface area contributed by atoms with Gasteiger partial charge < -0.3 is 13.6 Å². The van der Waals surface area contributed by atoms with Crippen molar-refractivity contribution < 1.29 is 13.6 Å². The molecule has 0 saturated heterocycles. The predicted molar refractivity (Wildman–Crippen MR) is 90.1 cm³/mol. The molecule has 0 aliphatic rings. The fraction of sp³-hybridized carbons (Fsp3) is 0.167. The standard InChI is InChI=1S/C18H15ClO4/c1-11(2)7-9-22-18-16(20)13-10-12(19)5-6-14(13)23-17(18)15-4-3-8-21-15/h3-8,10H,9H2,1-2H3. The van der Waals surface area contributed by atoms with E-state index >= 15 is 0 Å². The Bertz CT molecular complexity index is 916. The maximum Gasteiger partial charge on any atom is 0.235 e. The molecule has 118 valence electrons. The van der Waals surface area contributed by atoms with Crippen molar-refractivity contribution in [2.45, 2.75) is 13.8 Å². The summed E-state index contributed by atoms with van der Waals surface area (Å²) in [6.07, 6.45) is 3.40. The minimum Gasteiger partial charge on any atom is -0.482 e. The van der Waals surface area contributed by atoms with Gasteiger partial charge in [0.15, 0.2) is 5.76 Å². The molecule has 0 atom stereocenters. The van der Waals surface area contributed by atoms with E-state index in [-0.39, 0.29) is 23.5 Å². The Kier molecular flexibility index (Phi) is 4.26. The maximum atomic E-state index is 12.8. The summed E-state index contributed by atoms with van der Waals surface area (Å²) < 4.78 is 16.9. The van der Waals surface area contributed by atoms with Gasteiger partial charge in [-0.3, -0.25) is 4.79 Å². The van der Waals surface area contributed by atoms with Crippen LogP contribution in [0.25, 0.3) is 22.5 Å². The molecule has 5 heteroatoms. The summed E-state index contributed by atoms with van der Waals surface area (Å²) in [5, 5.41) is 0.839. The van der Waals surface area contributed by atoms with Crippen LogP contribution in [0.5, 0.6) is 5.75 Å². The van der Waals surface area contributed by atoms with Crippen molar-refractivity contribution in [3.05, 3.63) is 63.5 Å². The lowest BCUT2D eigenvalue weighted by Gasteiger charge is -2.09. The zero-order chi connectivity index (χ0) is 16.4. The molecule has 2 heterocycles. The third kappa shape index (κ3) is 3.17. The van der Waals surface area contributed by atoms with E-state index < -0.39 is 0 Å². The highest BCUT2D eigenvalue weighted by Crippen LogP contribution is 2.31. The van der Waals surface area contributed by atoms with Crippen molar-refractivity contribution in [2.24, 2.45) is 0 Å². The molecular weight excluding hydrogens is 316 g/mol. The fourth-order valence-electron chi connectivity index (χ4n) is 2.14. The van der Waals surface area contributed by atoms with Crippen molar-refractivity contribution in [1.82, 2.24) is 0 Å². The van der Waals surface area contributed by atoms with Crippen molar-refractivity contribution in [3.63, 3.8) is 0 Å². The second-order valence-corrected chi connectivity index (χ2v) is 5.74. The summed E-state index contributed by atoms with van der Waals surface area (Å²) >= 11 is 5.98. The molecule has 0 unspecified atom stereocenters. The lowest BCUT2D eigenvalue weighted by Crippen LogP contribution is -2.10. The number of rotatable bonds is 4. The molecule has 0 spiro atoms. The van der Waals surface area contributed by atoms with Gasteiger partial charge in [-0.1, -0.05) is 17.2 Å². The molecule has 0 amide bonds. The number of furan rings is 1. The molecule has 0 bridgehead atoms. The van der Waals surface area contributed by atoms with Gasteiger partial charge >= 0.3 is 0 Å². The van der Waals surface area contributed by atoms with Crippen molar-refractivity contribution in [1.29, 1.82) is 0 Å². The van der Waals surface area contributed by atoms with Gasteiger partial charge in [0.05, 0.1) is 11.6 Å². The van der Waals surface area contributed by atoms with Gasteiger partial charge in [-0.05, 0) is 50.3 Å². The zero-order valence-electron chi connectivity index (χ0n) is 12.8. The smallest absolute Gasteiger partial charge is 0.235 e. The normalized spacial score (nSPS) is 10.7. The number of hydrogen-bond acceptors (Lipinski definition) is 4. The summed E-state index contributed by atoms with van der Waals surface area (Å²) in [6.45, 7) is 4.19. The van der Waals surface area contributed by atoms with Crippen LogP contribution in [0, 0.1) is 0 Å². The van der Waals surface area contributed by atoms with E-state index in [0.29, 0.717) is 21.8 Å². The number of halogens is 1. The monoisotopic (exact) mass is 330 g/mol. The van der Waals surface area contributed by atoms with Crippen LogP contribution in [0.2, 0.25) is 5.02 Å². The van der Waals surface area contributed by atoms with Crippen LogP contribution in [-0.4, -0.2) is 6.61 Å². The van der Waals surface area contributed by atoms with E-state index in [2.05, 4.69) is 0 Å². The Labute approximate surface area is 137 Å². The number of ether oxygens (including phenoxy) is 1. The first kappa shape index (κ1) is 15.4. The highest BCUT2D eigenvalue weighted by molar-refractivity contribution is 6.31. The molecule has 4 nitrogen and oxygen atoms in total. The van der Waals surface area contributed by atoms with Crippen LogP contribution in [0.15, 0.2) is 61.9 Å². The Morgan fingerprint density at radius 1 is 1.30 bits per heavy atom. The fourth-order valence-corrected chi connectivity index (χ4v) is 2.32. The van der Waals surface area contributed by atoms with Gasteiger partial charge in [0, 0.05) is 5.02 Å². The van der Waals surface area contributed by atoms with E-state index in [4.69, 9.17) is 25.2 Å². The largest absolute Gasteiger partial charge is 0.482 e. The summed E-state index contributed by atoms with van der Waals surface area (Å²) in [5.74, 6) is 0.829. The summed E-state index contributed by atoms with van der Waals surface area (Å²) in [5.41, 5.74) is 1.25. The molecule has 0 aliphatic heterocycles. The van der Waals surface area contributed by atoms with E-state index in [1.54, 1.807) is 30.3 Å². The van der Waals surface area contributed by atoms with Crippen LogP contribution in [0.3, 0.4) is 0 Å². The Balaban J connectivity index is 2.20. The molecule has 3 aromatic rings. The Morgan fingerprint density at radius 3 is 2.83 bits per heavy atom. The maximum absolute atomic E-state index is 12.8. The molecule has 23 heavy (non-hydrogen) atoms. The van der Waals surface area contributed by atoms with Gasteiger partial charge in [0.2, 0.25) is 16.9 Å². The van der Waals surface area contributed by atoms with E-state index in [1.165, 1.54) is 6.26 Å². The van der Waals surface area contributed by atoms with Gasteiger partial charge in [-0.2, -0.15) is 0 Å². The first-order chi connectivity index (χ1) is 11.1. The predicted octanol–water partition coefficient (Wildman–Crippen LogP) is 5.05. The summed E-state index contributed by atoms with van der Waals surface area (Å²) in [4.78, 5) is 12.8. The Hall–Kier alpha value is -2.46. The molecule has 0 radical (unpaired) electrons. The molecule has 2 aromatic heterocycles. The summed E-state index contributed by atoms with van der Waals surface area (Å²) in [6, 6.07) is 8.34. The van der Waals surface area contributed by atoms with Crippen molar-refractivity contribution in [3.8, 4) is 17.3 Å². The minimum absolute atomic E-state index is 0.118. The van der Waals surface area contributed by atoms with Crippen LogP contribution in [0.1, 0.15) is 13.8 Å². The second kappa shape index (κ2) is 6.34. The van der Waals surface area contributed by atoms with Crippen LogP contribution < -0.4 is 10.2 Å². The van der Waals surface area contributed by atoms with E-state index in [1.807, 2.05) is 19.9 Å². The number of allylic oxidation sites excluding steroid dienone is 1. The molecule has 0 saturated carbocycles. The molecule has 3 rings (SSSR count).